The van der Waals surface area contributed by atoms with Crippen LogP contribution in [0.2, 0.25) is 0 Å². The van der Waals surface area contributed by atoms with E-state index in [0.29, 0.717) is 18.4 Å². The lowest BCUT2D eigenvalue weighted by Gasteiger charge is -2.18. The number of allylic oxidation sites excluding steroid dienone is 1. The lowest BCUT2D eigenvalue weighted by molar-refractivity contribution is -0.139. The Balaban J connectivity index is 2.08. The monoisotopic (exact) mass is 305 g/mol. The van der Waals surface area contributed by atoms with Crippen LogP contribution in [-0.4, -0.2) is 34.9 Å². The number of hydrogen-bond donors (Lipinski definition) is 2. The van der Waals surface area contributed by atoms with E-state index in [1.54, 1.807) is 18.0 Å². The van der Waals surface area contributed by atoms with Crippen LogP contribution in [0.1, 0.15) is 28.8 Å². The second-order valence-corrected chi connectivity index (χ2v) is 5.98. The molecule has 4 nitrogen and oxygen atoms in total. The van der Waals surface area contributed by atoms with Crippen molar-refractivity contribution < 1.29 is 14.7 Å². The Morgan fingerprint density at radius 2 is 2.19 bits per heavy atom. The minimum Gasteiger partial charge on any atom is -0.480 e. The largest absolute Gasteiger partial charge is 0.480 e. The van der Waals surface area contributed by atoms with Gasteiger partial charge in [-0.15, -0.1) is 0 Å². The van der Waals surface area contributed by atoms with Gasteiger partial charge in [0, 0.05) is 17.3 Å². The molecule has 1 atom stereocenters. The molecule has 5 heteroatoms. The Bertz CT molecular complexity index is 568. The summed E-state index contributed by atoms with van der Waals surface area (Å²) in [5.74, 6) is -0.118. The van der Waals surface area contributed by atoms with Gasteiger partial charge in [0.05, 0.1) is 0 Å². The molecule has 1 aromatic rings. The van der Waals surface area contributed by atoms with Gasteiger partial charge < -0.3 is 10.4 Å². The Labute approximate surface area is 128 Å². The lowest BCUT2D eigenvalue weighted by atomic mass is 9.87. The Morgan fingerprint density at radius 3 is 2.90 bits per heavy atom. The highest BCUT2D eigenvalue weighted by Gasteiger charge is 2.22. The van der Waals surface area contributed by atoms with Crippen molar-refractivity contribution in [2.75, 3.05) is 12.0 Å². The summed E-state index contributed by atoms with van der Waals surface area (Å²) in [6.07, 6.45) is 5.54. The van der Waals surface area contributed by atoms with E-state index in [-0.39, 0.29) is 5.78 Å². The number of Topliss-reactive ketones (excluding diaryl/α,β-unsaturated/α-hetero) is 1. The van der Waals surface area contributed by atoms with Crippen molar-refractivity contribution in [2.24, 2.45) is 0 Å². The summed E-state index contributed by atoms with van der Waals surface area (Å²) in [5.41, 5.74) is 2.45. The maximum Gasteiger partial charge on any atom is 0.326 e. The molecule has 0 aliphatic heterocycles. The van der Waals surface area contributed by atoms with Crippen LogP contribution in [0.4, 0.5) is 0 Å². The number of fused-ring (bicyclic) bond motifs is 1. The van der Waals surface area contributed by atoms with Crippen molar-refractivity contribution in [3.8, 4) is 0 Å². The molecule has 0 aromatic heterocycles. The van der Waals surface area contributed by atoms with Gasteiger partial charge in [-0.25, -0.2) is 4.79 Å². The minimum atomic E-state index is -0.885. The van der Waals surface area contributed by atoms with Crippen molar-refractivity contribution in [3.05, 3.63) is 47.2 Å². The van der Waals surface area contributed by atoms with Crippen LogP contribution in [-0.2, 0) is 11.2 Å². The molecule has 0 saturated heterocycles. The van der Waals surface area contributed by atoms with Crippen LogP contribution < -0.4 is 5.32 Å². The third-order valence-corrected chi connectivity index (χ3v) is 4.23. The predicted octanol–water partition coefficient (Wildman–Crippen LogP) is 2.50. The fraction of sp³-hybridized carbons (Fsp3) is 0.375. The number of aliphatic carboxylic acids is 1. The highest BCUT2D eigenvalue weighted by Crippen LogP contribution is 2.24. The zero-order valence-corrected chi connectivity index (χ0v) is 12.8. The van der Waals surface area contributed by atoms with E-state index in [1.165, 1.54) is 0 Å². The fourth-order valence-electron chi connectivity index (χ4n) is 2.37. The summed E-state index contributed by atoms with van der Waals surface area (Å²) in [4.78, 5) is 23.5. The molecule has 21 heavy (non-hydrogen) atoms. The van der Waals surface area contributed by atoms with Gasteiger partial charge in [0.25, 0.3) is 0 Å². The number of thioether (sulfide) groups is 1. The predicted molar refractivity (Wildman–Crippen MR) is 84.7 cm³/mol. The van der Waals surface area contributed by atoms with Crippen LogP contribution in [0.5, 0.6) is 0 Å². The highest BCUT2D eigenvalue weighted by molar-refractivity contribution is 7.98. The van der Waals surface area contributed by atoms with Crippen molar-refractivity contribution in [3.63, 3.8) is 0 Å². The van der Waals surface area contributed by atoms with Gasteiger partial charge >= 0.3 is 5.97 Å². The first kappa shape index (κ1) is 15.6. The molecule has 0 amide bonds. The average molecular weight is 305 g/mol. The summed E-state index contributed by atoms with van der Waals surface area (Å²) in [6, 6.07) is 6.94. The zero-order chi connectivity index (χ0) is 15.2. The first-order chi connectivity index (χ1) is 10.1. The second-order valence-electron chi connectivity index (χ2n) is 4.99. The number of ketones is 1. The molecule has 112 valence electrons. The molecule has 1 aliphatic rings. The van der Waals surface area contributed by atoms with E-state index in [0.717, 1.165) is 23.3 Å². The molecule has 0 fully saturated rings. The highest BCUT2D eigenvalue weighted by atomic mass is 32.2. The molecule has 1 aliphatic carbocycles. The smallest absolute Gasteiger partial charge is 0.326 e. The number of rotatable bonds is 6. The third-order valence-electron chi connectivity index (χ3n) is 3.58. The molecule has 0 spiro atoms. The van der Waals surface area contributed by atoms with Crippen LogP contribution in [0, 0.1) is 0 Å². The number of carbonyl (C=O) groups excluding carboxylic acids is 1. The van der Waals surface area contributed by atoms with Gasteiger partial charge in [0.1, 0.15) is 6.04 Å². The lowest BCUT2D eigenvalue weighted by Crippen LogP contribution is -2.34. The van der Waals surface area contributed by atoms with E-state index < -0.39 is 12.0 Å². The molecule has 0 bridgehead atoms. The summed E-state index contributed by atoms with van der Waals surface area (Å²) in [5, 5.41) is 12.1. The van der Waals surface area contributed by atoms with Gasteiger partial charge in [0.2, 0.25) is 0 Å². The van der Waals surface area contributed by atoms with E-state index >= 15 is 0 Å². The maximum atomic E-state index is 12.4. The molecule has 0 radical (unpaired) electrons. The van der Waals surface area contributed by atoms with Crippen LogP contribution in [0.15, 0.2) is 36.0 Å². The van der Waals surface area contributed by atoms with Crippen LogP contribution >= 0.6 is 11.8 Å². The molecule has 0 heterocycles. The summed E-state index contributed by atoms with van der Waals surface area (Å²) in [7, 11) is 0. The maximum absolute atomic E-state index is 12.4. The quantitative estimate of drug-likeness (QED) is 0.791. The standard InChI is InChI=1S/C16H19NO3S/c1-21-9-8-14(16(19)20)17-10-12-7-6-11-4-2-3-5-13(11)15(12)18/h2-5,10,14,17H,6-9H2,1H3,(H,19,20)/b12-10-. The van der Waals surface area contributed by atoms with E-state index in [9.17, 15) is 9.59 Å². The number of carboxylic acid groups (broad SMARTS) is 1. The number of aryl methyl sites for hydroxylation is 1. The van der Waals surface area contributed by atoms with Gasteiger partial charge in [-0.3, -0.25) is 4.79 Å². The molecule has 2 rings (SSSR count). The SMILES string of the molecule is CSCCC(N/C=C1/CCc2ccccc2C1=O)C(=O)O. The first-order valence-corrected chi connectivity index (χ1v) is 8.32. The zero-order valence-electron chi connectivity index (χ0n) is 12.0. The van der Waals surface area contributed by atoms with E-state index in [2.05, 4.69) is 5.32 Å². The molecule has 2 N–H and O–H groups in total. The Morgan fingerprint density at radius 1 is 1.43 bits per heavy atom. The van der Waals surface area contributed by atoms with Gasteiger partial charge in [-0.2, -0.15) is 11.8 Å². The van der Waals surface area contributed by atoms with Gasteiger partial charge in [-0.05, 0) is 36.8 Å². The van der Waals surface area contributed by atoms with Crippen LogP contribution in [0.3, 0.4) is 0 Å². The number of benzene rings is 1. The molecule has 0 saturated carbocycles. The molecular weight excluding hydrogens is 286 g/mol. The Kier molecular flexibility index (Phi) is 5.44. The summed E-state index contributed by atoms with van der Waals surface area (Å²) >= 11 is 1.61. The molecule has 1 unspecified atom stereocenters. The molecule has 1 aromatic carbocycles. The van der Waals surface area contributed by atoms with E-state index in [1.807, 2.05) is 30.5 Å². The van der Waals surface area contributed by atoms with Crippen molar-refractivity contribution in [2.45, 2.75) is 25.3 Å². The number of carboxylic acids is 1. The third kappa shape index (κ3) is 3.88. The van der Waals surface area contributed by atoms with Gasteiger partial charge in [-0.1, -0.05) is 24.3 Å². The summed E-state index contributed by atoms with van der Waals surface area (Å²) in [6.45, 7) is 0. The number of nitrogens with one attached hydrogen (secondary N) is 1. The van der Waals surface area contributed by atoms with Crippen molar-refractivity contribution >= 4 is 23.5 Å². The van der Waals surface area contributed by atoms with Gasteiger partial charge in [0.15, 0.2) is 5.78 Å². The van der Waals surface area contributed by atoms with Crippen LogP contribution in [0.25, 0.3) is 0 Å². The number of carbonyl (C=O) groups is 2. The van der Waals surface area contributed by atoms with Crippen molar-refractivity contribution in [1.29, 1.82) is 0 Å². The minimum absolute atomic E-state index is 0.00152. The van der Waals surface area contributed by atoms with Crippen molar-refractivity contribution in [1.82, 2.24) is 5.32 Å². The Hall–Kier alpha value is -1.75. The summed E-state index contributed by atoms with van der Waals surface area (Å²) < 4.78 is 0. The average Bonchev–Trinajstić information content (AvgIpc) is 2.49. The normalized spacial score (nSPS) is 17.4. The molecular formula is C16H19NO3S. The second kappa shape index (κ2) is 7.31. The topological polar surface area (TPSA) is 66.4 Å². The fourth-order valence-corrected chi connectivity index (χ4v) is 2.84. The first-order valence-electron chi connectivity index (χ1n) is 6.93. The number of hydrogen-bond acceptors (Lipinski definition) is 4. The van der Waals surface area contributed by atoms with E-state index in [4.69, 9.17) is 5.11 Å².